The van der Waals surface area contributed by atoms with Crippen LogP contribution in [0.3, 0.4) is 0 Å². The van der Waals surface area contributed by atoms with Crippen LogP contribution >= 0.6 is 0 Å². The highest BCUT2D eigenvalue weighted by molar-refractivity contribution is 5.96. The van der Waals surface area contributed by atoms with Crippen LogP contribution in [0.25, 0.3) is 66.9 Å². The summed E-state index contributed by atoms with van der Waals surface area (Å²) in [5.74, 6) is 0.701. The van der Waals surface area contributed by atoms with Gasteiger partial charge in [-0.2, -0.15) is 0 Å². The molecule has 0 spiro atoms. The van der Waals surface area contributed by atoms with E-state index >= 15 is 0 Å². The zero-order valence-electron chi connectivity index (χ0n) is 21.8. The van der Waals surface area contributed by atoms with E-state index in [1.54, 1.807) is 0 Å². The molecule has 40 heavy (non-hydrogen) atoms. The number of pyridine rings is 1. The van der Waals surface area contributed by atoms with Crippen molar-refractivity contribution >= 4 is 10.9 Å². The second-order valence-electron chi connectivity index (χ2n) is 9.76. The van der Waals surface area contributed by atoms with Crippen molar-refractivity contribution in [1.82, 2.24) is 15.0 Å². The molecule has 0 unspecified atom stereocenters. The Morgan fingerprint density at radius 3 is 1.50 bits per heavy atom. The normalized spacial score (nSPS) is 11.0. The van der Waals surface area contributed by atoms with Gasteiger partial charge in [0.25, 0.3) is 0 Å². The van der Waals surface area contributed by atoms with Gasteiger partial charge in [0.05, 0.1) is 11.2 Å². The fraction of sp³-hybridized carbons (Fsp3) is 0. The molecule has 7 aromatic rings. The average molecular weight is 512 g/mol. The summed E-state index contributed by atoms with van der Waals surface area (Å²) in [5, 5.41) is 1.03. The molecular weight excluding hydrogens is 486 g/mol. The van der Waals surface area contributed by atoms with Gasteiger partial charge in [-0.25, -0.2) is 9.97 Å². The van der Waals surface area contributed by atoms with Crippen molar-refractivity contribution in [3.05, 3.63) is 152 Å². The zero-order valence-corrected chi connectivity index (χ0v) is 21.8. The Balaban J connectivity index is 1.46. The molecule has 0 radical (unpaired) electrons. The predicted molar refractivity (Wildman–Crippen MR) is 165 cm³/mol. The molecule has 0 aliphatic carbocycles. The molecule has 0 bridgehead atoms. The van der Waals surface area contributed by atoms with Crippen LogP contribution in [0.2, 0.25) is 0 Å². The second-order valence-corrected chi connectivity index (χ2v) is 9.76. The number of rotatable bonds is 5. The Morgan fingerprint density at radius 1 is 0.350 bits per heavy atom. The molecule has 2 heterocycles. The summed E-state index contributed by atoms with van der Waals surface area (Å²) in [5.41, 5.74) is 10.7. The smallest absolute Gasteiger partial charge is 0.160 e. The molecule has 2 aromatic heterocycles. The molecule has 0 aliphatic heterocycles. The van der Waals surface area contributed by atoms with Gasteiger partial charge in [-0.3, -0.25) is 4.98 Å². The molecule has 0 fully saturated rings. The third kappa shape index (κ3) is 4.65. The van der Waals surface area contributed by atoms with Gasteiger partial charge in [0.2, 0.25) is 0 Å². The molecule has 0 saturated heterocycles. The Morgan fingerprint density at radius 2 is 0.875 bits per heavy atom. The number of benzene rings is 5. The maximum Gasteiger partial charge on any atom is 0.160 e. The highest BCUT2D eigenvalue weighted by atomic mass is 14.9. The lowest BCUT2D eigenvalue weighted by Gasteiger charge is -2.13. The average Bonchev–Trinajstić information content (AvgIpc) is 3.05. The van der Waals surface area contributed by atoms with Crippen LogP contribution in [0.1, 0.15) is 0 Å². The molecular formula is C37H25N3. The SMILES string of the molecule is c1ccc(-c2cc(-c3ccncc3)cc(-c3nc(-c4ccccc4)c4cc(-c5ccccc5)ccc4n3)c2)cc1. The van der Waals surface area contributed by atoms with E-state index < -0.39 is 0 Å². The summed E-state index contributed by atoms with van der Waals surface area (Å²) in [4.78, 5) is 14.6. The van der Waals surface area contributed by atoms with Crippen molar-refractivity contribution < 1.29 is 0 Å². The zero-order chi connectivity index (χ0) is 26.7. The molecule has 5 aromatic carbocycles. The number of hydrogen-bond donors (Lipinski definition) is 0. The maximum absolute atomic E-state index is 5.22. The van der Waals surface area contributed by atoms with Gasteiger partial charge >= 0.3 is 0 Å². The van der Waals surface area contributed by atoms with Gasteiger partial charge in [0.1, 0.15) is 0 Å². The van der Waals surface area contributed by atoms with E-state index in [-0.39, 0.29) is 0 Å². The molecule has 3 heteroatoms. The summed E-state index contributed by atoms with van der Waals surface area (Å²) in [6.07, 6.45) is 3.66. The molecule has 188 valence electrons. The molecule has 0 N–H and O–H groups in total. The first-order chi connectivity index (χ1) is 19.8. The molecule has 7 rings (SSSR count). The molecule has 3 nitrogen and oxygen atoms in total. The molecule has 0 atom stereocenters. The van der Waals surface area contributed by atoms with E-state index in [4.69, 9.17) is 9.97 Å². The van der Waals surface area contributed by atoms with Gasteiger partial charge in [0, 0.05) is 28.9 Å². The summed E-state index contributed by atoms with van der Waals surface area (Å²) in [6, 6.07) is 48.4. The summed E-state index contributed by atoms with van der Waals surface area (Å²) >= 11 is 0. The van der Waals surface area contributed by atoms with Crippen molar-refractivity contribution in [3.63, 3.8) is 0 Å². The van der Waals surface area contributed by atoms with Crippen molar-refractivity contribution in [2.24, 2.45) is 0 Å². The lowest BCUT2D eigenvalue weighted by atomic mass is 9.95. The Labute approximate surface area is 233 Å². The number of nitrogens with zero attached hydrogens (tertiary/aromatic N) is 3. The predicted octanol–water partition coefficient (Wildman–Crippen LogP) is 9.36. The van der Waals surface area contributed by atoms with Crippen molar-refractivity contribution in [1.29, 1.82) is 0 Å². The Bertz CT molecular complexity index is 1860. The van der Waals surface area contributed by atoms with Crippen LogP contribution < -0.4 is 0 Å². The van der Waals surface area contributed by atoms with E-state index in [9.17, 15) is 0 Å². The second kappa shape index (κ2) is 10.4. The number of aromatic nitrogens is 3. The van der Waals surface area contributed by atoms with E-state index in [0.29, 0.717) is 5.82 Å². The van der Waals surface area contributed by atoms with Crippen LogP contribution in [-0.2, 0) is 0 Å². The lowest BCUT2D eigenvalue weighted by Crippen LogP contribution is -1.96. The molecule has 0 saturated carbocycles. The minimum atomic E-state index is 0.701. The topological polar surface area (TPSA) is 38.7 Å². The summed E-state index contributed by atoms with van der Waals surface area (Å²) in [6.45, 7) is 0. The van der Waals surface area contributed by atoms with Crippen LogP contribution in [0.5, 0.6) is 0 Å². The van der Waals surface area contributed by atoms with E-state index in [2.05, 4.69) is 114 Å². The quantitative estimate of drug-likeness (QED) is 0.231. The lowest BCUT2D eigenvalue weighted by molar-refractivity contribution is 1.23. The number of fused-ring (bicyclic) bond motifs is 1. The minimum absolute atomic E-state index is 0.701. The first-order valence-corrected chi connectivity index (χ1v) is 13.4. The Hall–Kier alpha value is -5.41. The standard InChI is InChI=1S/C37H25N3/c1-4-10-26(11-5-1)30-16-17-35-34(25-30)36(29-14-8-3-9-15-29)40-37(39-35)33-23-31(27-12-6-2-7-13-27)22-32(24-33)28-18-20-38-21-19-28/h1-25H. The minimum Gasteiger partial charge on any atom is -0.265 e. The van der Waals surface area contributed by atoms with E-state index in [0.717, 1.165) is 55.5 Å². The van der Waals surface area contributed by atoms with Crippen LogP contribution in [-0.4, -0.2) is 15.0 Å². The van der Waals surface area contributed by atoms with E-state index in [1.165, 1.54) is 5.56 Å². The van der Waals surface area contributed by atoms with Crippen LogP contribution in [0.15, 0.2) is 152 Å². The van der Waals surface area contributed by atoms with Crippen molar-refractivity contribution in [2.45, 2.75) is 0 Å². The van der Waals surface area contributed by atoms with Crippen LogP contribution in [0, 0.1) is 0 Å². The Kier molecular flexibility index (Phi) is 6.15. The molecule has 0 aliphatic rings. The maximum atomic E-state index is 5.22. The highest BCUT2D eigenvalue weighted by Gasteiger charge is 2.15. The first-order valence-electron chi connectivity index (χ1n) is 13.4. The first kappa shape index (κ1) is 23.7. The summed E-state index contributed by atoms with van der Waals surface area (Å²) in [7, 11) is 0. The third-order valence-electron chi connectivity index (χ3n) is 7.16. The van der Waals surface area contributed by atoms with Gasteiger partial charge in [-0.05, 0) is 75.8 Å². The fourth-order valence-corrected chi connectivity index (χ4v) is 5.15. The van der Waals surface area contributed by atoms with Crippen molar-refractivity contribution in [3.8, 4) is 56.0 Å². The van der Waals surface area contributed by atoms with Gasteiger partial charge in [-0.15, -0.1) is 0 Å². The van der Waals surface area contributed by atoms with Crippen LogP contribution in [0.4, 0.5) is 0 Å². The monoisotopic (exact) mass is 511 g/mol. The highest BCUT2D eigenvalue weighted by Crippen LogP contribution is 2.35. The van der Waals surface area contributed by atoms with Gasteiger partial charge in [0.15, 0.2) is 5.82 Å². The van der Waals surface area contributed by atoms with Gasteiger partial charge in [-0.1, -0.05) is 97.1 Å². The van der Waals surface area contributed by atoms with E-state index in [1.807, 2.05) is 42.7 Å². The third-order valence-corrected chi connectivity index (χ3v) is 7.16. The van der Waals surface area contributed by atoms with Crippen molar-refractivity contribution in [2.75, 3.05) is 0 Å². The summed E-state index contributed by atoms with van der Waals surface area (Å²) < 4.78 is 0. The molecule has 0 amide bonds. The fourth-order valence-electron chi connectivity index (χ4n) is 5.15. The largest absolute Gasteiger partial charge is 0.265 e. The number of hydrogen-bond acceptors (Lipinski definition) is 3. The van der Waals surface area contributed by atoms with Gasteiger partial charge < -0.3 is 0 Å².